The van der Waals surface area contributed by atoms with Gasteiger partial charge in [-0.15, -0.1) is 0 Å². The van der Waals surface area contributed by atoms with Gasteiger partial charge in [0.05, 0.1) is 0 Å². The highest BCUT2D eigenvalue weighted by Crippen LogP contribution is 2.22. The number of hydrogen-bond acceptors (Lipinski definition) is 2. The van der Waals surface area contributed by atoms with Crippen LogP contribution >= 0.6 is 0 Å². The average Bonchev–Trinajstić information content (AvgIpc) is 3.00. The van der Waals surface area contributed by atoms with Gasteiger partial charge in [-0.2, -0.15) is 0 Å². The summed E-state index contributed by atoms with van der Waals surface area (Å²) in [4.78, 5) is 5.17. The lowest BCUT2D eigenvalue weighted by Gasteiger charge is -2.33. The quantitative estimate of drug-likeness (QED) is 0.254. The van der Waals surface area contributed by atoms with Crippen molar-refractivity contribution in [3.05, 3.63) is 12.4 Å². The smallest absolute Gasteiger partial charge is 0.101 e. The molecule has 1 atom stereocenters. The molecule has 0 N–H and O–H groups in total. The molecule has 0 aliphatic carbocycles. The molecule has 1 rings (SSSR count). The Morgan fingerprint density at radius 3 is 1.52 bits per heavy atom. The van der Waals surface area contributed by atoms with Gasteiger partial charge in [0.15, 0.2) is 0 Å². The molecule has 0 saturated heterocycles. The first-order chi connectivity index (χ1) is 12.3. The van der Waals surface area contributed by atoms with Crippen molar-refractivity contribution in [3.63, 3.8) is 0 Å². The molecule has 1 aliphatic heterocycles. The molecule has 0 amide bonds. The molecule has 1 heterocycles. The van der Waals surface area contributed by atoms with Gasteiger partial charge >= 0.3 is 0 Å². The molecule has 0 fully saturated rings. The molecular formula is C23H46N2. The van der Waals surface area contributed by atoms with Gasteiger partial charge in [0, 0.05) is 25.5 Å². The second-order valence-corrected chi connectivity index (χ2v) is 7.93. The molecule has 0 aromatic carbocycles. The molecule has 0 aromatic rings. The fraction of sp³-hybridized carbons (Fsp3) is 0.913. The predicted octanol–water partition coefficient (Wildman–Crippen LogP) is 7.31. The van der Waals surface area contributed by atoms with Gasteiger partial charge in [-0.3, -0.25) is 0 Å². The zero-order valence-electron chi connectivity index (χ0n) is 17.6. The predicted molar refractivity (Wildman–Crippen MR) is 113 cm³/mol. The molecule has 0 spiro atoms. The SMILES string of the molecule is CCCCCCCCCCCCCN1C=CN(CCC)C1CCCC. The van der Waals surface area contributed by atoms with Crippen molar-refractivity contribution < 1.29 is 0 Å². The zero-order valence-corrected chi connectivity index (χ0v) is 17.6. The third-order valence-corrected chi connectivity index (χ3v) is 5.53. The van der Waals surface area contributed by atoms with Gasteiger partial charge in [0.1, 0.15) is 6.17 Å². The van der Waals surface area contributed by atoms with Crippen molar-refractivity contribution in [1.29, 1.82) is 0 Å². The fourth-order valence-corrected chi connectivity index (χ4v) is 3.94. The van der Waals surface area contributed by atoms with Crippen molar-refractivity contribution in [2.75, 3.05) is 13.1 Å². The molecule has 0 saturated carbocycles. The Kier molecular flexibility index (Phi) is 14.0. The van der Waals surface area contributed by atoms with Crippen LogP contribution in [0.25, 0.3) is 0 Å². The normalized spacial score (nSPS) is 17.0. The zero-order chi connectivity index (χ0) is 18.2. The molecule has 148 valence electrons. The Morgan fingerprint density at radius 1 is 0.520 bits per heavy atom. The van der Waals surface area contributed by atoms with Crippen molar-refractivity contribution in [3.8, 4) is 0 Å². The largest absolute Gasteiger partial charge is 0.356 e. The third-order valence-electron chi connectivity index (χ3n) is 5.53. The maximum Gasteiger partial charge on any atom is 0.101 e. The summed E-state index contributed by atoms with van der Waals surface area (Å²) in [5.41, 5.74) is 0. The summed E-state index contributed by atoms with van der Waals surface area (Å²) in [6.45, 7) is 9.35. The number of nitrogens with zero attached hydrogens (tertiary/aromatic N) is 2. The van der Waals surface area contributed by atoms with E-state index in [9.17, 15) is 0 Å². The molecular weight excluding hydrogens is 304 g/mol. The number of rotatable bonds is 17. The summed E-state index contributed by atoms with van der Waals surface area (Å²) in [5.74, 6) is 0. The van der Waals surface area contributed by atoms with Crippen molar-refractivity contribution in [2.24, 2.45) is 0 Å². The maximum atomic E-state index is 2.61. The number of unbranched alkanes of at least 4 members (excludes halogenated alkanes) is 11. The highest BCUT2D eigenvalue weighted by molar-refractivity contribution is 4.96. The molecule has 1 unspecified atom stereocenters. The maximum absolute atomic E-state index is 2.61. The average molecular weight is 351 g/mol. The minimum Gasteiger partial charge on any atom is -0.356 e. The Bertz CT molecular complexity index is 313. The first-order valence-corrected chi connectivity index (χ1v) is 11.5. The van der Waals surface area contributed by atoms with Crippen LogP contribution in [0.5, 0.6) is 0 Å². The van der Waals surface area contributed by atoms with E-state index in [0.717, 1.165) is 0 Å². The lowest BCUT2D eigenvalue weighted by atomic mass is 10.1. The summed E-state index contributed by atoms with van der Waals surface area (Å²) < 4.78 is 0. The van der Waals surface area contributed by atoms with Crippen LogP contribution in [0.2, 0.25) is 0 Å². The van der Waals surface area contributed by atoms with Crippen LogP contribution in [0.15, 0.2) is 12.4 Å². The summed E-state index contributed by atoms with van der Waals surface area (Å²) in [6, 6.07) is 0. The lowest BCUT2D eigenvalue weighted by Crippen LogP contribution is -2.39. The van der Waals surface area contributed by atoms with Gasteiger partial charge < -0.3 is 9.80 Å². The summed E-state index contributed by atoms with van der Waals surface area (Å²) in [5, 5.41) is 0. The monoisotopic (exact) mass is 350 g/mol. The fourth-order valence-electron chi connectivity index (χ4n) is 3.94. The lowest BCUT2D eigenvalue weighted by molar-refractivity contribution is 0.138. The Hall–Kier alpha value is -0.660. The Morgan fingerprint density at radius 2 is 1.00 bits per heavy atom. The molecule has 1 aliphatic rings. The van der Waals surface area contributed by atoms with E-state index in [1.165, 1.54) is 109 Å². The van der Waals surface area contributed by atoms with Crippen LogP contribution in [-0.2, 0) is 0 Å². The van der Waals surface area contributed by atoms with E-state index < -0.39 is 0 Å². The van der Waals surface area contributed by atoms with Crippen LogP contribution in [0.3, 0.4) is 0 Å². The molecule has 0 aromatic heterocycles. The van der Waals surface area contributed by atoms with Gasteiger partial charge in [-0.05, 0) is 25.7 Å². The molecule has 0 bridgehead atoms. The van der Waals surface area contributed by atoms with Crippen molar-refractivity contribution in [1.82, 2.24) is 9.80 Å². The van der Waals surface area contributed by atoms with Crippen molar-refractivity contribution >= 4 is 0 Å². The van der Waals surface area contributed by atoms with Gasteiger partial charge in [-0.25, -0.2) is 0 Å². The van der Waals surface area contributed by atoms with Gasteiger partial charge in [0.2, 0.25) is 0 Å². The summed E-state index contributed by atoms with van der Waals surface area (Å²) in [6.07, 6.45) is 26.3. The number of hydrogen-bond donors (Lipinski definition) is 0. The van der Waals surface area contributed by atoms with E-state index in [-0.39, 0.29) is 0 Å². The highest BCUT2D eigenvalue weighted by Gasteiger charge is 2.24. The van der Waals surface area contributed by atoms with Crippen LogP contribution < -0.4 is 0 Å². The molecule has 2 nitrogen and oxygen atoms in total. The second kappa shape index (κ2) is 15.6. The van der Waals surface area contributed by atoms with Crippen LogP contribution in [0.1, 0.15) is 117 Å². The van der Waals surface area contributed by atoms with E-state index in [0.29, 0.717) is 6.17 Å². The van der Waals surface area contributed by atoms with Crippen molar-refractivity contribution in [2.45, 2.75) is 123 Å². The van der Waals surface area contributed by atoms with Gasteiger partial charge in [-0.1, -0.05) is 91.4 Å². The standard InChI is InChI=1S/C23H46N2/c1-4-7-9-10-11-12-13-14-15-16-17-20-25-22-21-24(19-6-3)23(25)18-8-5-2/h21-23H,4-20H2,1-3H3. The van der Waals surface area contributed by atoms with Gasteiger partial charge in [0.25, 0.3) is 0 Å². The molecule has 2 heteroatoms. The topological polar surface area (TPSA) is 6.48 Å². The highest BCUT2D eigenvalue weighted by atomic mass is 15.4. The van der Waals surface area contributed by atoms with Crippen LogP contribution in [-0.4, -0.2) is 29.1 Å². The second-order valence-electron chi connectivity index (χ2n) is 7.93. The minimum atomic E-state index is 0.642. The Balaban J connectivity index is 2.03. The van der Waals surface area contributed by atoms with E-state index in [2.05, 4.69) is 43.0 Å². The van der Waals surface area contributed by atoms with E-state index in [1.54, 1.807) is 0 Å². The van der Waals surface area contributed by atoms with E-state index in [4.69, 9.17) is 0 Å². The first kappa shape index (κ1) is 22.4. The molecule has 0 radical (unpaired) electrons. The summed E-state index contributed by atoms with van der Waals surface area (Å²) in [7, 11) is 0. The minimum absolute atomic E-state index is 0.642. The molecule has 25 heavy (non-hydrogen) atoms. The first-order valence-electron chi connectivity index (χ1n) is 11.5. The van der Waals surface area contributed by atoms with E-state index in [1.807, 2.05) is 0 Å². The van der Waals surface area contributed by atoms with Crippen LogP contribution in [0, 0.1) is 0 Å². The Labute approximate surface area is 159 Å². The van der Waals surface area contributed by atoms with Crippen LogP contribution in [0.4, 0.5) is 0 Å². The van der Waals surface area contributed by atoms with E-state index >= 15 is 0 Å². The third kappa shape index (κ3) is 10.2. The summed E-state index contributed by atoms with van der Waals surface area (Å²) >= 11 is 0.